The van der Waals surface area contributed by atoms with Gasteiger partial charge in [0.2, 0.25) is 5.91 Å². The summed E-state index contributed by atoms with van der Waals surface area (Å²) in [6.07, 6.45) is 7.52. The molecule has 2 rings (SSSR count). The maximum atomic E-state index is 11.8. The third-order valence-electron chi connectivity index (χ3n) is 3.55. The Balaban J connectivity index is 1.69. The van der Waals surface area contributed by atoms with Crippen molar-refractivity contribution in [2.45, 2.75) is 19.3 Å². The van der Waals surface area contributed by atoms with Gasteiger partial charge in [-0.15, -0.1) is 0 Å². The van der Waals surface area contributed by atoms with Crippen LogP contribution in [-0.4, -0.2) is 24.9 Å². The van der Waals surface area contributed by atoms with Gasteiger partial charge in [0.15, 0.2) is 0 Å². The van der Waals surface area contributed by atoms with E-state index in [2.05, 4.69) is 22.8 Å². The van der Waals surface area contributed by atoms with Crippen molar-refractivity contribution in [2.75, 3.05) is 18.8 Å². The molecule has 0 spiro atoms. The van der Waals surface area contributed by atoms with Gasteiger partial charge in [-0.25, -0.2) is 0 Å². The summed E-state index contributed by atoms with van der Waals surface area (Å²) in [6, 6.07) is 6.59. The molecule has 21 heavy (non-hydrogen) atoms. The van der Waals surface area contributed by atoms with E-state index >= 15 is 0 Å². The number of hydrogen-bond acceptors (Lipinski definition) is 3. The number of anilines is 1. The smallest absolute Gasteiger partial charge is 0.251 e. The number of amides is 2. The number of nitrogen functional groups attached to an aromatic ring is 1. The van der Waals surface area contributed by atoms with Gasteiger partial charge in [0.05, 0.1) is 6.54 Å². The van der Waals surface area contributed by atoms with Crippen LogP contribution >= 0.6 is 0 Å². The molecule has 1 aliphatic rings. The number of benzene rings is 1. The molecule has 4 N–H and O–H groups in total. The number of allylic oxidation sites excluding steroid dienone is 2. The average Bonchev–Trinajstić information content (AvgIpc) is 2.52. The summed E-state index contributed by atoms with van der Waals surface area (Å²) in [7, 11) is 0. The van der Waals surface area contributed by atoms with E-state index < -0.39 is 0 Å². The summed E-state index contributed by atoms with van der Waals surface area (Å²) in [6.45, 7) is 0.659. The molecule has 5 nitrogen and oxygen atoms in total. The average molecular weight is 287 g/mol. The van der Waals surface area contributed by atoms with Gasteiger partial charge in [0, 0.05) is 17.8 Å². The Labute approximate surface area is 124 Å². The van der Waals surface area contributed by atoms with Crippen LogP contribution in [0, 0.1) is 5.92 Å². The third-order valence-corrected chi connectivity index (χ3v) is 3.55. The van der Waals surface area contributed by atoms with Gasteiger partial charge in [-0.3, -0.25) is 9.59 Å². The Morgan fingerprint density at radius 2 is 1.90 bits per heavy atom. The second-order valence-electron chi connectivity index (χ2n) is 5.26. The standard InChI is InChI=1S/C16H21N3O2/c17-14-8-6-13(7-9-14)16(21)19-11-15(20)18-10-12-4-2-1-3-5-12/h1-2,6-9,12H,3-5,10-11,17H2,(H,18,20)(H,19,21). The van der Waals surface area contributed by atoms with Crippen molar-refractivity contribution in [2.24, 2.45) is 5.92 Å². The fourth-order valence-corrected chi connectivity index (χ4v) is 2.26. The third kappa shape index (κ3) is 4.95. The molecule has 0 saturated carbocycles. The molecule has 0 bridgehead atoms. The molecular formula is C16H21N3O2. The van der Waals surface area contributed by atoms with E-state index in [9.17, 15) is 9.59 Å². The van der Waals surface area contributed by atoms with Gasteiger partial charge in [0.1, 0.15) is 0 Å². The minimum Gasteiger partial charge on any atom is -0.399 e. The molecule has 1 atom stereocenters. The zero-order valence-corrected chi connectivity index (χ0v) is 12.0. The maximum Gasteiger partial charge on any atom is 0.251 e. The molecule has 112 valence electrons. The zero-order chi connectivity index (χ0) is 15.1. The van der Waals surface area contributed by atoms with Crippen LogP contribution in [0.15, 0.2) is 36.4 Å². The van der Waals surface area contributed by atoms with Crippen molar-refractivity contribution >= 4 is 17.5 Å². The lowest BCUT2D eigenvalue weighted by atomic mass is 9.94. The topological polar surface area (TPSA) is 84.2 Å². The fourth-order valence-electron chi connectivity index (χ4n) is 2.26. The molecule has 0 fully saturated rings. The summed E-state index contributed by atoms with van der Waals surface area (Å²) in [5.41, 5.74) is 6.66. The zero-order valence-electron chi connectivity index (χ0n) is 12.0. The molecular weight excluding hydrogens is 266 g/mol. The molecule has 0 saturated heterocycles. The van der Waals surface area contributed by atoms with E-state index in [0.29, 0.717) is 23.7 Å². The minimum atomic E-state index is -0.272. The van der Waals surface area contributed by atoms with Gasteiger partial charge in [0.25, 0.3) is 5.91 Å². The van der Waals surface area contributed by atoms with Crippen molar-refractivity contribution in [3.8, 4) is 0 Å². The van der Waals surface area contributed by atoms with Crippen LogP contribution in [0.3, 0.4) is 0 Å². The highest BCUT2D eigenvalue weighted by atomic mass is 16.2. The molecule has 0 radical (unpaired) electrons. The molecule has 1 unspecified atom stereocenters. The van der Waals surface area contributed by atoms with Crippen LogP contribution in [0.1, 0.15) is 29.6 Å². The van der Waals surface area contributed by atoms with Crippen molar-refractivity contribution in [3.63, 3.8) is 0 Å². The predicted octanol–water partition coefficient (Wildman–Crippen LogP) is 1.47. The van der Waals surface area contributed by atoms with Crippen LogP contribution in [0.25, 0.3) is 0 Å². The second-order valence-corrected chi connectivity index (χ2v) is 5.26. The first kappa shape index (κ1) is 15.1. The van der Waals surface area contributed by atoms with E-state index in [1.165, 1.54) is 0 Å². The summed E-state index contributed by atoms with van der Waals surface area (Å²) in [5.74, 6) is 0.0749. The Morgan fingerprint density at radius 3 is 2.57 bits per heavy atom. The number of carbonyl (C=O) groups is 2. The van der Waals surface area contributed by atoms with E-state index in [0.717, 1.165) is 19.3 Å². The first-order valence-corrected chi connectivity index (χ1v) is 7.20. The van der Waals surface area contributed by atoms with E-state index in [-0.39, 0.29) is 18.4 Å². The first-order chi connectivity index (χ1) is 10.1. The lowest BCUT2D eigenvalue weighted by Gasteiger charge is -2.18. The highest BCUT2D eigenvalue weighted by Gasteiger charge is 2.12. The fraction of sp³-hybridized carbons (Fsp3) is 0.375. The second kappa shape index (κ2) is 7.47. The molecule has 2 amide bonds. The Bertz CT molecular complexity index is 523. The van der Waals surface area contributed by atoms with Gasteiger partial charge in [-0.2, -0.15) is 0 Å². The quantitative estimate of drug-likeness (QED) is 0.566. The van der Waals surface area contributed by atoms with Crippen LogP contribution in [0.5, 0.6) is 0 Å². The first-order valence-electron chi connectivity index (χ1n) is 7.20. The summed E-state index contributed by atoms with van der Waals surface area (Å²) in [5, 5.41) is 5.46. The molecule has 1 aromatic carbocycles. The molecule has 5 heteroatoms. The van der Waals surface area contributed by atoms with Crippen LogP contribution in [0.2, 0.25) is 0 Å². The number of nitrogens with one attached hydrogen (secondary N) is 2. The summed E-state index contributed by atoms with van der Waals surface area (Å²) >= 11 is 0. The van der Waals surface area contributed by atoms with Gasteiger partial charge < -0.3 is 16.4 Å². The molecule has 0 aliphatic heterocycles. The number of nitrogens with two attached hydrogens (primary N) is 1. The molecule has 1 aromatic rings. The van der Waals surface area contributed by atoms with Crippen molar-refractivity contribution in [1.29, 1.82) is 0 Å². The highest BCUT2D eigenvalue weighted by Crippen LogP contribution is 2.16. The minimum absolute atomic E-state index is 0.00817. The van der Waals surface area contributed by atoms with Gasteiger partial charge in [-0.05, 0) is 49.4 Å². The van der Waals surface area contributed by atoms with Crippen molar-refractivity contribution in [1.82, 2.24) is 10.6 Å². The summed E-state index contributed by atoms with van der Waals surface area (Å²) < 4.78 is 0. The monoisotopic (exact) mass is 287 g/mol. The van der Waals surface area contributed by atoms with E-state index in [4.69, 9.17) is 5.73 Å². The molecule has 0 heterocycles. The number of rotatable bonds is 5. The largest absolute Gasteiger partial charge is 0.399 e. The normalized spacial score (nSPS) is 17.2. The predicted molar refractivity (Wildman–Crippen MR) is 82.7 cm³/mol. The van der Waals surface area contributed by atoms with E-state index in [1.807, 2.05) is 0 Å². The number of hydrogen-bond donors (Lipinski definition) is 3. The molecule has 1 aliphatic carbocycles. The lowest BCUT2D eigenvalue weighted by molar-refractivity contribution is -0.120. The Hall–Kier alpha value is -2.30. The maximum absolute atomic E-state index is 11.8. The lowest BCUT2D eigenvalue weighted by Crippen LogP contribution is -2.39. The van der Waals surface area contributed by atoms with Gasteiger partial charge in [-0.1, -0.05) is 12.2 Å². The Kier molecular flexibility index (Phi) is 5.37. The van der Waals surface area contributed by atoms with E-state index in [1.54, 1.807) is 24.3 Å². The van der Waals surface area contributed by atoms with Crippen LogP contribution in [0.4, 0.5) is 5.69 Å². The SMILES string of the molecule is Nc1ccc(C(=O)NCC(=O)NCC2CC=CCC2)cc1. The van der Waals surface area contributed by atoms with Crippen molar-refractivity contribution < 1.29 is 9.59 Å². The highest BCUT2D eigenvalue weighted by molar-refractivity contribution is 5.96. The Morgan fingerprint density at radius 1 is 1.14 bits per heavy atom. The summed E-state index contributed by atoms with van der Waals surface area (Å²) in [4.78, 5) is 23.5. The number of carbonyl (C=O) groups excluding carboxylic acids is 2. The van der Waals surface area contributed by atoms with Gasteiger partial charge >= 0.3 is 0 Å². The molecule has 0 aromatic heterocycles. The van der Waals surface area contributed by atoms with Crippen molar-refractivity contribution in [3.05, 3.63) is 42.0 Å². The van der Waals surface area contributed by atoms with Crippen LogP contribution < -0.4 is 16.4 Å². The van der Waals surface area contributed by atoms with Crippen LogP contribution in [-0.2, 0) is 4.79 Å².